The molecule has 0 bridgehead atoms. The number of amides is 1. The second-order valence-corrected chi connectivity index (χ2v) is 6.52. The number of hydrogen-bond donors (Lipinski definition) is 1. The molecule has 0 atom stereocenters. The van der Waals surface area contributed by atoms with Crippen LogP contribution in [0.4, 0.5) is 5.13 Å². The summed E-state index contributed by atoms with van der Waals surface area (Å²) in [5.41, 5.74) is 1.25. The highest BCUT2D eigenvalue weighted by Gasteiger charge is 2.12. The van der Waals surface area contributed by atoms with Gasteiger partial charge in [-0.2, -0.15) is 0 Å². The lowest BCUT2D eigenvalue weighted by Crippen LogP contribution is -2.11. The first-order valence-electron chi connectivity index (χ1n) is 6.81. The number of anilines is 1. The van der Waals surface area contributed by atoms with Crippen LogP contribution in [0, 0.1) is 0 Å². The molecule has 1 heterocycles. The zero-order valence-corrected chi connectivity index (χ0v) is 14.7. The summed E-state index contributed by atoms with van der Waals surface area (Å²) in [6, 6.07) is 12.0. The van der Waals surface area contributed by atoms with Gasteiger partial charge in [0.15, 0.2) is 0 Å². The van der Waals surface area contributed by atoms with Crippen LogP contribution in [0.2, 0.25) is 10.0 Å². The Balaban J connectivity index is 1.78. The average molecular weight is 380 g/mol. The van der Waals surface area contributed by atoms with Crippen molar-refractivity contribution in [3.05, 3.63) is 58.1 Å². The van der Waals surface area contributed by atoms with E-state index in [0.717, 1.165) is 5.56 Å². The SMILES string of the molecule is COc1cccc(C(=O)Nc2nnc(-c3ccc(Cl)c(Cl)c3)s2)c1. The van der Waals surface area contributed by atoms with Gasteiger partial charge in [-0.05, 0) is 30.3 Å². The van der Waals surface area contributed by atoms with Gasteiger partial charge in [-0.3, -0.25) is 10.1 Å². The third-order valence-electron chi connectivity index (χ3n) is 3.14. The van der Waals surface area contributed by atoms with Crippen LogP contribution in [0.15, 0.2) is 42.5 Å². The maximum atomic E-state index is 12.3. The highest BCUT2D eigenvalue weighted by Crippen LogP contribution is 2.31. The number of ether oxygens (including phenoxy) is 1. The normalized spacial score (nSPS) is 10.5. The van der Waals surface area contributed by atoms with Gasteiger partial charge in [0.2, 0.25) is 5.13 Å². The molecule has 3 aromatic rings. The number of benzene rings is 2. The molecule has 0 radical (unpaired) electrons. The van der Waals surface area contributed by atoms with Crippen LogP contribution < -0.4 is 10.1 Å². The van der Waals surface area contributed by atoms with E-state index in [0.29, 0.717) is 31.5 Å². The molecule has 2 aromatic carbocycles. The zero-order valence-electron chi connectivity index (χ0n) is 12.4. The van der Waals surface area contributed by atoms with Crippen molar-refractivity contribution in [3.63, 3.8) is 0 Å². The van der Waals surface area contributed by atoms with E-state index in [9.17, 15) is 4.79 Å². The van der Waals surface area contributed by atoms with Crippen LogP contribution in [-0.2, 0) is 0 Å². The molecule has 122 valence electrons. The summed E-state index contributed by atoms with van der Waals surface area (Å²) in [6.07, 6.45) is 0. The molecule has 1 N–H and O–H groups in total. The van der Waals surface area contributed by atoms with Gasteiger partial charge in [-0.25, -0.2) is 0 Å². The van der Waals surface area contributed by atoms with Crippen LogP contribution >= 0.6 is 34.5 Å². The Morgan fingerprint density at radius 3 is 2.71 bits per heavy atom. The molecule has 0 aliphatic heterocycles. The summed E-state index contributed by atoms with van der Waals surface area (Å²) in [4.78, 5) is 12.3. The van der Waals surface area contributed by atoms with Crippen molar-refractivity contribution < 1.29 is 9.53 Å². The van der Waals surface area contributed by atoms with Crippen molar-refractivity contribution in [3.8, 4) is 16.3 Å². The molecule has 0 unspecified atom stereocenters. The molecular formula is C16H11Cl2N3O2S. The van der Waals surface area contributed by atoms with Gasteiger partial charge in [-0.1, -0.05) is 46.7 Å². The Hall–Kier alpha value is -2.15. The monoisotopic (exact) mass is 379 g/mol. The van der Waals surface area contributed by atoms with Crippen LogP contribution in [0.1, 0.15) is 10.4 Å². The Morgan fingerprint density at radius 2 is 1.96 bits per heavy atom. The quantitative estimate of drug-likeness (QED) is 0.708. The lowest BCUT2D eigenvalue weighted by Gasteiger charge is -2.03. The molecule has 3 rings (SSSR count). The fourth-order valence-electron chi connectivity index (χ4n) is 1.95. The summed E-state index contributed by atoms with van der Waals surface area (Å²) in [7, 11) is 1.55. The van der Waals surface area contributed by atoms with Gasteiger partial charge in [0.1, 0.15) is 10.8 Å². The third kappa shape index (κ3) is 3.67. The zero-order chi connectivity index (χ0) is 17.1. The van der Waals surface area contributed by atoms with E-state index in [-0.39, 0.29) is 5.91 Å². The van der Waals surface area contributed by atoms with E-state index in [1.807, 2.05) is 0 Å². The number of methoxy groups -OCH3 is 1. The molecule has 1 aromatic heterocycles. The van der Waals surface area contributed by atoms with Gasteiger partial charge < -0.3 is 4.74 Å². The molecule has 8 heteroatoms. The molecule has 0 aliphatic carbocycles. The van der Waals surface area contributed by atoms with Gasteiger partial charge >= 0.3 is 0 Å². The topological polar surface area (TPSA) is 64.1 Å². The fourth-order valence-corrected chi connectivity index (χ4v) is 2.99. The third-order valence-corrected chi connectivity index (χ3v) is 4.77. The van der Waals surface area contributed by atoms with E-state index < -0.39 is 0 Å². The Morgan fingerprint density at radius 1 is 1.12 bits per heavy atom. The minimum Gasteiger partial charge on any atom is -0.497 e. The number of carbonyl (C=O) groups is 1. The smallest absolute Gasteiger partial charge is 0.257 e. The van der Waals surface area contributed by atoms with Crippen molar-refractivity contribution in [2.75, 3.05) is 12.4 Å². The summed E-state index contributed by atoms with van der Waals surface area (Å²) in [6.45, 7) is 0. The van der Waals surface area contributed by atoms with Crippen molar-refractivity contribution >= 4 is 45.6 Å². The number of hydrogen-bond acceptors (Lipinski definition) is 5. The van der Waals surface area contributed by atoms with Crippen molar-refractivity contribution in [1.29, 1.82) is 0 Å². The van der Waals surface area contributed by atoms with E-state index in [1.165, 1.54) is 11.3 Å². The first-order chi connectivity index (χ1) is 11.6. The lowest BCUT2D eigenvalue weighted by molar-refractivity contribution is 0.102. The molecule has 1 amide bonds. The van der Waals surface area contributed by atoms with Crippen molar-refractivity contribution in [2.24, 2.45) is 0 Å². The maximum absolute atomic E-state index is 12.3. The van der Waals surface area contributed by atoms with Gasteiger partial charge in [0.25, 0.3) is 5.91 Å². The number of nitrogens with one attached hydrogen (secondary N) is 1. The maximum Gasteiger partial charge on any atom is 0.257 e. The van der Waals surface area contributed by atoms with Crippen LogP contribution in [0.25, 0.3) is 10.6 Å². The van der Waals surface area contributed by atoms with Gasteiger partial charge in [-0.15, -0.1) is 10.2 Å². The molecule has 0 aliphatic rings. The summed E-state index contributed by atoms with van der Waals surface area (Å²) >= 11 is 13.2. The highest BCUT2D eigenvalue weighted by atomic mass is 35.5. The van der Waals surface area contributed by atoms with Gasteiger partial charge in [0.05, 0.1) is 17.2 Å². The molecular weight excluding hydrogens is 369 g/mol. The summed E-state index contributed by atoms with van der Waals surface area (Å²) < 4.78 is 5.11. The first-order valence-corrected chi connectivity index (χ1v) is 8.38. The average Bonchev–Trinajstić information content (AvgIpc) is 3.06. The predicted molar refractivity (Wildman–Crippen MR) is 96.3 cm³/mol. The van der Waals surface area contributed by atoms with Crippen molar-refractivity contribution in [1.82, 2.24) is 10.2 Å². The highest BCUT2D eigenvalue weighted by molar-refractivity contribution is 7.18. The van der Waals surface area contributed by atoms with Crippen LogP contribution in [0.5, 0.6) is 5.75 Å². The standard InChI is InChI=1S/C16H11Cl2N3O2S/c1-23-11-4-2-3-9(7-11)14(22)19-16-21-20-15(24-16)10-5-6-12(17)13(18)8-10/h2-8H,1H3,(H,19,21,22). The van der Waals surface area contributed by atoms with E-state index >= 15 is 0 Å². The number of nitrogens with zero attached hydrogens (tertiary/aromatic N) is 2. The molecule has 24 heavy (non-hydrogen) atoms. The number of aromatic nitrogens is 2. The second-order valence-electron chi connectivity index (χ2n) is 4.73. The number of halogens is 2. The lowest BCUT2D eigenvalue weighted by atomic mass is 10.2. The first kappa shape index (κ1) is 16.7. The fraction of sp³-hybridized carbons (Fsp3) is 0.0625. The van der Waals surface area contributed by atoms with E-state index in [2.05, 4.69) is 15.5 Å². The Kier molecular flexibility index (Phi) is 4.99. The minimum absolute atomic E-state index is 0.286. The molecule has 0 spiro atoms. The molecule has 0 saturated heterocycles. The Labute approximate surface area is 152 Å². The van der Waals surface area contributed by atoms with E-state index in [4.69, 9.17) is 27.9 Å². The molecule has 0 fully saturated rings. The van der Waals surface area contributed by atoms with E-state index in [1.54, 1.807) is 49.6 Å². The van der Waals surface area contributed by atoms with Crippen molar-refractivity contribution in [2.45, 2.75) is 0 Å². The minimum atomic E-state index is -0.286. The second kappa shape index (κ2) is 7.17. The van der Waals surface area contributed by atoms with Gasteiger partial charge in [0, 0.05) is 11.1 Å². The van der Waals surface area contributed by atoms with Crippen LogP contribution in [-0.4, -0.2) is 23.2 Å². The molecule has 5 nitrogen and oxygen atoms in total. The predicted octanol–water partition coefficient (Wildman–Crippen LogP) is 4.77. The summed E-state index contributed by atoms with van der Waals surface area (Å²) in [5, 5.41) is 12.7. The Bertz CT molecular complexity index is 899. The largest absolute Gasteiger partial charge is 0.497 e. The van der Waals surface area contributed by atoms with Crippen LogP contribution in [0.3, 0.4) is 0 Å². The molecule has 0 saturated carbocycles. The number of rotatable bonds is 4. The summed E-state index contributed by atoms with van der Waals surface area (Å²) in [5.74, 6) is 0.321. The number of carbonyl (C=O) groups excluding carboxylic acids is 1.